The van der Waals surface area contributed by atoms with Gasteiger partial charge in [0.1, 0.15) is 0 Å². The van der Waals surface area contributed by atoms with E-state index in [1.807, 2.05) is 27.0 Å². The zero-order valence-electron chi connectivity index (χ0n) is 9.49. The van der Waals surface area contributed by atoms with E-state index in [9.17, 15) is 0 Å². The van der Waals surface area contributed by atoms with Crippen LogP contribution < -0.4 is 10.6 Å². The maximum absolute atomic E-state index is 9.02. The van der Waals surface area contributed by atoms with Crippen LogP contribution in [0, 0.1) is 5.92 Å². The molecule has 4 heteroatoms. The second-order valence-corrected chi connectivity index (χ2v) is 3.81. The Hall–Kier alpha value is -1.29. The van der Waals surface area contributed by atoms with Crippen molar-refractivity contribution in [3.63, 3.8) is 0 Å². The predicted octanol–water partition coefficient (Wildman–Crippen LogP) is 1.55. The molecule has 0 aromatic carbocycles. The van der Waals surface area contributed by atoms with Crippen molar-refractivity contribution in [1.29, 1.82) is 0 Å². The van der Waals surface area contributed by atoms with Crippen molar-refractivity contribution in [2.45, 2.75) is 19.9 Å². The van der Waals surface area contributed by atoms with E-state index in [0.29, 0.717) is 0 Å². The smallest absolute Gasteiger partial charge is 0.0549 e. The monoisotopic (exact) mass is 209 g/mol. The highest BCUT2D eigenvalue weighted by Gasteiger charge is 2.10. The summed E-state index contributed by atoms with van der Waals surface area (Å²) in [6, 6.07) is 2.22. The molecule has 4 nitrogen and oxygen atoms in total. The molecule has 15 heavy (non-hydrogen) atoms. The molecule has 0 aliphatic carbocycles. The van der Waals surface area contributed by atoms with Crippen molar-refractivity contribution in [2.75, 3.05) is 24.3 Å². The minimum Gasteiger partial charge on any atom is -0.396 e. The van der Waals surface area contributed by atoms with Crippen molar-refractivity contribution in [3.8, 4) is 0 Å². The average molecular weight is 209 g/mol. The summed E-state index contributed by atoms with van der Waals surface area (Å²) in [5.74, 6) is 0.225. The highest BCUT2D eigenvalue weighted by atomic mass is 16.3. The number of aliphatic hydroxyl groups excluding tert-OH is 1. The summed E-state index contributed by atoms with van der Waals surface area (Å²) in [6.07, 6.45) is 3.55. The number of hydrogen-bond donors (Lipinski definition) is 3. The van der Waals surface area contributed by atoms with Crippen molar-refractivity contribution in [3.05, 3.63) is 18.5 Å². The van der Waals surface area contributed by atoms with Gasteiger partial charge in [-0.05, 0) is 18.9 Å². The fraction of sp³-hybridized carbons (Fsp3) is 0.545. The van der Waals surface area contributed by atoms with Crippen LogP contribution in [0.3, 0.4) is 0 Å². The van der Waals surface area contributed by atoms with Gasteiger partial charge >= 0.3 is 0 Å². The highest BCUT2D eigenvalue weighted by Crippen LogP contribution is 2.15. The van der Waals surface area contributed by atoms with E-state index in [1.165, 1.54) is 0 Å². The first kappa shape index (κ1) is 11.8. The number of aliphatic hydroxyl groups is 1. The van der Waals surface area contributed by atoms with Gasteiger partial charge in [-0.1, -0.05) is 6.92 Å². The van der Waals surface area contributed by atoms with Crippen molar-refractivity contribution >= 4 is 11.4 Å². The second kappa shape index (κ2) is 5.56. The molecule has 1 heterocycles. The van der Waals surface area contributed by atoms with Gasteiger partial charge in [0.2, 0.25) is 0 Å². The Labute approximate surface area is 90.7 Å². The minimum absolute atomic E-state index is 0.188. The molecular formula is C11H19N3O. The van der Waals surface area contributed by atoms with Crippen LogP contribution >= 0.6 is 0 Å². The molecule has 84 valence electrons. The fourth-order valence-corrected chi connectivity index (χ4v) is 1.22. The lowest BCUT2D eigenvalue weighted by molar-refractivity contribution is 0.226. The fourth-order valence-electron chi connectivity index (χ4n) is 1.22. The summed E-state index contributed by atoms with van der Waals surface area (Å²) in [4.78, 5) is 4.11. The standard InChI is InChI=1S/C11H19N3O/c1-8(7-15)9(2)14-11-4-10(12-3)5-13-6-11/h4-6,8-9,12,14-15H,7H2,1-3H3. The summed E-state index contributed by atoms with van der Waals surface area (Å²) < 4.78 is 0. The third kappa shape index (κ3) is 3.40. The summed E-state index contributed by atoms with van der Waals surface area (Å²) in [6.45, 7) is 4.24. The molecule has 0 radical (unpaired) electrons. The van der Waals surface area contributed by atoms with Crippen LogP contribution in [0.15, 0.2) is 18.5 Å². The van der Waals surface area contributed by atoms with Gasteiger partial charge in [-0.3, -0.25) is 4.98 Å². The SMILES string of the molecule is CNc1cncc(NC(C)C(C)CO)c1. The van der Waals surface area contributed by atoms with Crippen molar-refractivity contribution < 1.29 is 5.11 Å². The van der Waals surface area contributed by atoms with E-state index >= 15 is 0 Å². The number of rotatable bonds is 5. The normalized spacial score (nSPS) is 14.4. The summed E-state index contributed by atoms with van der Waals surface area (Å²) >= 11 is 0. The first-order valence-corrected chi connectivity index (χ1v) is 5.17. The van der Waals surface area contributed by atoms with Crippen LogP contribution in [0.25, 0.3) is 0 Å². The minimum atomic E-state index is 0.188. The third-order valence-corrected chi connectivity index (χ3v) is 2.56. The van der Waals surface area contributed by atoms with Crippen LogP contribution in [0.4, 0.5) is 11.4 Å². The largest absolute Gasteiger partial charge is 0.396 e. The Kier molecular flexibility index (Phi) is 4.37. The number of pyridine rings is 1. The van der Waals surface area contributed by atoms with Gasteiger partial charge in [-0.2, -0.15) is 0 Å². The zero-order valence-corrected chi connectivity index (χ0v) is 9.49. The molecule has 0 bridgehead atoms. The molecule has 1 aromatic rings. The Morgan fingerprint density at radius 1 is 1.33 bits per heavy atom. The molecule has 2 unspecified atom stereocenters. The lowest BCUT2D eigenvalue weighted by Crippen LogP contribution is -2.26. The van der Waals surface area contributed by atoms with Crippen LogP contribution in [0.2, 0.25) is 0 Å². The predicted molar refractivity (Wildman–Crippen MR) is 63.1 cm³/mol. The molecule has 0 spiro atoms. The molecule has 0 saturated carbocycles. The average Bonchev–Trinajstić information content (AvgIpc) is 2.28. The molecule has 0 aliphatic rings. The molecule has 0 saturated heterocycles. The van der Waals surface area contributed by atoms with Crippen LogP contribution in [0.1, 0.15) is 13.8 Å². The molecular weight excluding hydrogens is 190 g/mol. The molecule has 1 rings (SSSR count). The van der Waals surface area contributed by atoms with Crippen molar-refractivity contribution in [2.24, 2.45) is 5.92 Å². The third-order valence-electron chi connectivity index (χ3n) is 2.56. The van der Waals surface area contributed by atoms with Gasteiger partial charge in [-0.15, -0.1) is 0 Å². The van der Waals surface area contributed by atoms with Gasteiger partial charge in [0.15, 0.2) is 0 Å². The highest BCUT2D eigenvalue weighted by molar-refractivity contribution is 5.53. The summed E-state index contributed by atoms with van der Waals surface area (Å²) in [5, 5.41) is 15.4. The molecule has 0 aliphatic heterocycles. The number of aromatic nitrogens is 1. The van der Waals surface area contributed by atoms with Gasteiger partial charge in [0, 0.05) is 19.7 Å². The van der Waals surface area contributed by atoms with E-state index in [2.05, 4.69) is 15.6 Å². The molecule has 0 fully saturated rings. The maximum Gasteiger partial charge on any atom is 0.0549 e. The van der Waals surface area contributed by atoms with E-state index in [-0.39, 0.29) is 18.6 Å². The molecule has 3 N–H and O–H groups in total. The van der Waals surface area contributed by atoms with E-state index in [1.54, 1.807) is 12.4 Å². The number of nitrogens with zero attached hydrogens (tertiary/aromatic N) is 1. The summed E-state index contributed by atoms with van der Waals surface area (Å²) in [5.41, 5.74) is 1.94. The number of anilines is 2. The second-order valence-electron chi connectivity index (χ2n) is 3.81. The maximum atomic E-state index is 9.02. The van der Waals surface area contributed by atoms with Gasteiger partial charge in [-0.25, -0.2) is 0 Å². The number of hydrogen-bond acceptors (Lipinski definition) is 4. The molecule has 0 amide bonds. The molecule has 2 atom stereocenters. The molecule has 1 aromatic heterocycles. The summed E-state index contributed by atoms with van der Waals surface area (Å²) in [7, 11) is 1.86. The van der Waals surface area contributed by atoms with Gasteiger partial charge < -0.3 is 15.7 Å². The van der Waals surface area contributed by atoms with Gasteiger partial charge in [0.05, 0.1) is 23.8 Å². The van der Waals surface area contributed by atoms with Crippen LogP contribution in [-0.4, -0.2) is 29.8 Å². The first-order chi connectivity index (χ1) is 7.17. The van der Waals surface area contributed by atoms with Crippen LogP contribution in [0.5, 0.6) is 0 Å². The quantitative estimate of drug-likeness (QED) is 0.688. The Bertz CT molecular complexity index is 304. The van der Waals surface area contributed by atoms with E-state index < -0.39 is 0 Å². The van der Waals surface area contributed by atoms with E-state index in [0.717, 1.165) is 11.4 Å². The lowest BCUT2D eigenvalue weighted by Gasteiger charge is -2.20. The first-order valence-electron chi connectivity index (χ1n) is 5.17. The van der Waals surface area contributed by atoms with Crippen molar-refractivity contribution in [1.82, 2.24) is 4.98 Å². The Morgan fingerprint density at radius 2 is 2.00 bits per heavy atom. The number of nitrogens with one attached hydrogen (secondary N) is 2. The van der Waals surface area contributed by atoms with E-state index in [4.69, 9.17) is 5.11 Å². The Balaban J connectivity index is 2.63. The lowest BCUT2D eigenvalue weighted by atomic mass is 10.1. The Morgan fingerprint density at radius 3 is 2.60 bits per heavy atom. The van der Waals surface area contributed by atoms with Gasteiger partial charge in [0.25, 0.3) is 0 Å². The van der Waals surface area contributed by atoms with Crippen LogP contribution in [-0.2, 0) is 0 Å². The topological polar surface area (TPSA) is 57.2 Å². The zero-order chi connectivity index (χ0) is 11.3.